The van der Waals surface area contributed by atoms with Gasteiger partial charge in [0, 0.05) is 39.1 Å². The zero-order chi connectivity index (χ0) is 9.14. The summed E-state index contributed by atoms with van der Waals surface area (Å²) in [5.41, 5.74) is 1.44. The van der Waals surface area contributed by atoms with Gasteiger partial charge in [0.05, 0.1) is 0 Å². The van der Waals surface area contributed by atoms with Crippen molar-refractivity contribution in [1.82, 2.24) is 9.97 Å². The molecular weight excluding hydrogens is 241 g/mol. The van der Waals surface area contributed by atoms with E-state index in [2.05, 4.69) is 16.0 Å². The molecule has 0 saturated heterocycles. The zero-order valence-corrected chi connectivity index (χ0v) is 10.9. The normalized spacial score (nSPS) is 9.15. The molecule has 1 aromatic heterocycles. The standard InChI is InChI=1S/C9H11N2O.Y/c1-4-8(12)9-10-6(2)5-7(3)11-9;/h4H2,1-3H3;/q-1;. The molecule has 0 aliphatic heterocycles. The summed E-state index contributed by atoms with van der Waals surface area (Å²) < 4.78 is 0. The number of aromatic nitrogens is 2. The molecule has 4 heteroatoms. The van der Waals surface area contributed by atoms with E-state index in [1.807, 2.05) is 0 Å². The van der Waals surface area contributed by atoms with Crippen molar-refractivity contribution < 1.29 is 37.5 Å². The Kier molecular flexibility index (Phi) is 5.49. The third-order valence-corrected chi connectivity index (χ3v) is 1.48. The smallest absolute Gasteiger partial charge is 0.199 e. The van der Waals surface area contributed by atoms with Crippen molar-refractivity contribution in [3.05, 3.63) is 23.3 Å². The number of rotatable bonds is 2. The second-order valence-electron chi connectivity index (χ2n) is 2.62. The quantitative estimate of drug-likeness (QED) is 0.591. The minimum atomic E-state index is -0.0183. The topological polar surface area (TPSA) is 42.9 Å². The van der Waals surface area contributed by atoms with Gasteiger partial charge in [-0.25, -0.2) is 0 Å². The minimum Gasteiger partial charge on any atom is -0.427 e. The van der Waals surface area contributed by atoms with Gasteiger partial charge in [-0.05, 0) is 0 Å². The Labute approximate surface area is 103 Å². The summed E-state index contributed by atoms with van der Waals surface area (Å²) in [6.45, 7) is 5.41. The van der Waals surface area contributed by atoms with Crippen LogP contribution >= 0.6 is 0 Å². The third kappa shape index (κ3) is 3.61. The number of hydrogen-bond acceptors (Lipinski definition) is 3. The Morgan fingerprint density at radius 2 is 1.77 bits per heavy atom. The molecule has 0 aliphatic rings. The summed E-state index contributed by atoms with van der Waals surface area (Å²) in [4.78, 5) is 19.2. The molecule has 3 nitrogen and oxygen atoms in total. The van der Waals surface area contributed by atoms with Gasteiger partial charge in [-0.1, -0.05) is 20.8 Å². The Balaban J connectivity index is 0.00000144. The first kappa shape index (κ1) is 12.9. The third-order valence-electron chi connectivity index (χ3n) is 1.48. The summed E-state index contributed by atoms with van der Waals surface area (Å²) in [5.74, 6) is 0.293. The van der Waals surface area contributed by atoms with Crippen molar-refractivity contribution in [1.29, 1.82) is 0 Å². The fourth-order valence-corrected chi connectivity index (χ4v) is 0.943. The maximum atomic E-state index is 11.2. The molecule has 0 unspecified atom stereocenters. The molecule has 0 bridgehead atoms. The number of nitrogens with zero attached hydrogens (tertiary/aromatic N) is 2. The number of hydrogen-bond donors (Lipinski definition) is 0. The molecule has 1 radical (unpaired) electrons. The molecule has 0 fully saturated rings. The van der Waals surface area contributed by atoms with Gasteiger partial charge in [-0.15, -0.1) is 11.4 Å². The number of carbonyl (C=O) groups excluding carboxylic acids is 1. The average molecular weight is 252 g/mol. The summed E-state index contributed by atoms with van der Waals surface area (Å²) in [7, 11) is 0. The maximum Gasteiger partial charge on any atom is 0.199 e. The predicted molar refractivity (Wildman–Crippen MR) is 45.0 cm³/mol. The largest absolute Gasteiger partial charge is 0.427 e. The second-order valence-corrected chi connectivity index (χ2v) is 2.62. The Hall–Kier alpha value is -0.146. The SMILES string of the molecule is CCC(=O)c1nc(C)[c-]c(C)n1.[Y]. The van der Waals surface area contributed by atoms with Crippen LogP contribution < -0.4 is 0 Å². The van der Waals surface area contributed by atoms with Crippen molar-refractivity contribution in [3.63, 3.8) is 0 Å². The molecule has 1 heterocycles. The molecule has 1 rings (SSSR count). The van der Waals surface area contributed by atoms with Crippen LogP contribution in [0.25, 0.3) is 0 Å². The number of carbonyl (C=O) groups is 1. The average Bonchev–Trinajstić information content (AvgIpc) is 2.01. The van der Waals surface area contributed by atoms with E-state index in [0.717, 1.165) is 11.4 Å². The number of aryl methyl sites for hydroxylation is 2. The first-order valence-electron chi connectivity index (χ1n) is 3.91. The van der Waals surface area contributed by atoms with Crippen LogP contribution in [0, 0.1) is 19.9 Å². The molecule has 0 aromatic carbocycles. The number of ketones is 1. The van der Waals surface area contributed by atoms with E-state index in [0.29, 0.717) is 12.2 Å². The van der Waals surface area contributed by atoms with E-state index in [9.17, 15) is 4.79 Å². The van der Waals surface area contributed by atoms with Gasteiger partial charge >= 0.3 is 0 Å². The Morgan fingerprint density at radius 1 is 1.31 bits per heavy atom. The van der Waals surface area contributed by atoms with E-state index in [-0.39, 0.29) is 38.5 Å². The van der Waals surface area contributed by atoms with Gasteiger partial charge in [0.1, 0.15) is 0 Å². The van der Waals surface area contributed by atoms with Crippen LogP contribution in [0.15, 0.2) is 0 Å². The monoisotopic (exact) mass is 252 g/mol. The molecule has 67 valence electrons. The molecule has 0 saturated carbocycles. The van der Waals surface area contributed by atoms with Gasteiger partial charge in [-0.2, -0.15) is 0 Å². The molecule has 0 aliphatic carbocycles. The second kappa shape index (κ2) is 5.56. The van der Waals surface area contributed by atoms with Gasteiger partial charge in [-0.3, -0.25) is 14.8 Å². The molecule has 13 heavy (non-hydrogen) atoms. The molecular formula is C9H11N2OY-. The number of Topliss-reactive ketones (excluding diaryl/α,β-unsaturated/α-hetero) is 1. The predicted octanol–water partition coefficient (Wildman–Crippen LogP) is 1.48. The van der Waals surface area contributed by atoms with Gasteiger partial charge in [0.25, 0.3) is 0 Å². The van der Waals surface area contributed by atoms with Crippen LogP contribution in [0.2, 0.25) is 0 Å². The van der Waals surface area contributed by atoms with Gasteiger partial charge < -0.3 is 6.07 Å². The Morgan fingerprint density at radius 3 is 2.15 bits per heavy atom. The molecule has 1 aromatic rings. The zero-order valence-electron chi connectivity index (χ0n) is 8.09. The molecule has 0 amide bonds. The van der Waals surface area contributed by atoms with Crippen LogP contribution in [0.4, 0.5) is 0 Å². The summed E-state index contributed by atoms with van der Waals surface area (Å²) in [6, 6.07) is 2.92. The minimum absolute atomic E-state index is 0. The van der Waals surface area contributed by atoms with Crippen molar-refractivity contribution >= 4 is 5.78 Å². The van der Waals surface area contributed by atoms with Crippen LogP contribution in [-0.4, -0.2) is 15.8 Å². The van der Waals surface area contributed by atoms with Crippen molar-refractivity contribution in [2.24, 2.45) is 0 Å². The fourth-order valence-electron chi connectivity index (χ4n) is 0.943. The van der Waals surface area contributed by atoms with Crippen LogP contribution in [0.3, 0.4) is 0 Å². The van der Waals surface area contributed by atoms with Crippen LogP contribution in [0.1, 0.15) is 35.4 Å². The van der Waals surface area contributed by atoms with E-state index < -0.39 is 0 Å². The maximum absolute atomic E-state index is 11.2. The summed E-state index contributed by atoms with van der Waals surface area (Å²) >= 11 is 0. The van der Waals surface area contributed by atoms with Crippen molar-refractivity contribution in [2.45, 2.75) is 27.2 Å². The van der Waals surface area contributed by atoms with E-state index in [1.54, 1.807) is 20.8 Å². The summed E-state index contributed by atoms with van der Waals surface area (Å²) in [6.07, 6.45) is 0.447. The van der Waals surface area contributed by atoms with Gasteiger partial charge in [0.2, 0.25) is 0 Å². The van der Waals surface area contributed by atoms with Gasteiger partial charge in [0.15, 0.2) is 11.6 Å². The fraction of sp³-hybridized carbons (Fsp3) is 0.444. The van der Waals surface area contributed by atoms with Crippen LogP contribution in [0.5, 0.6) is 0 Å². The first-order chi connectivity index (χ1) is 5.63. The van der Waals surface area contributed by atoms with Crippen LogP contribution in [-0.2, 0) is 32.7 Å². The van der Waals surface area contributed by atoms with E-state index in [4.69, 9.17) is 0 Å². The molecule has 0 spiro atoms. The van der Waals surface area contributed by atoms with E-state index in [1.165, 1.54) is 0 Å². The molecule has 0 N–H and O–H groups in total. The summed E-state index contributed by atoms with van der Waals surface area (Å²) in [5, 5.41) is 0. The van der Waals surface area contributed by atoms with Crippen molar-refractivity contribution in [2.75, 3.05) is 0 Å². The van der Waals surface area contributed by atoms with E-state index >= 15 is 0 Å². The van der Waals surface area contributed by atoms with Crippen molar-refractivity contribution in [3.8, 4) is 0 Å². The molecule has 0 atom stereocenters. The Bertz CT molecular complexity index is 292. The first-order valence-corrected chi connectivity index (χ1v) is 3.91.